The summed E-state index contributed by atoms with van der Waals surface area (Å²) in [7, 11) is 1.82. The molecule has 20 heavy (non-hydrogen) atoms. The highest BCUT2D eigenvalue weighted by Gasteiger charge is 2.19. The quantitative estimate of drug-likeness (QED) is 0.787. The Kier molecular flexibility index (Phi) is 4.85. The van der Waals surface area contributed by atoms with Gasteiger partial charge in [-0.05, 0) is 38.1 Å². The molecule has 0 saturated heterocycles. The molecule has 1 atom stereocenters. The van der Waals surface area contributed by atoms with Crippen molar-refractivity contribution in [2.24, 2.45) is 0 Å². The number of aryl methyl sites for hydroxylation is 1. The molecule has 3 heteroatoms. The van der Waals surface area contributed by atoms with Gasteiger partial charge in [-0.15, -0.1) is 11.8 Å². The van der Waals surface area contributed by atoms with Crippen molar-refractivity contribution >= 4 is 23.4 Å². The Morgan fingerprint density at radius 3 is 2.25 bits per heavy atom. The monoisotopic (exact) mass is 285 g/mol. The fourth-order valence-corrected chi connectivity index (χ4v) is 2.88. The Morgan fingerprint density at radius 1 is 1.05 bits per heavy atom. The second-order valence-electron chi connectivity index (χ2n) is 4.81. The number of carbonyl (C=O) groups excluding carboxylic acids is 1. The van der Waals surface area contributed by atoms with Crippen LogP contribution in [0.3, 0.4) is 0 Å². The fourth-order valence-electron chi connectivity index (χ4n) is 1.92. The van der Waals surface area contributed by atoms with Gasteiger partial charge >= 0.3 is 0 Å². The zero-order chi connectivity index (χ0) is 14.5. The molecule has 1 amide bonds. The number of anilines is 1. The minimum Gasteiger partial charge on any atom is -0.315 e. The number of thioether (sulfide) groups is 1. The first-order valence-corrected chi connectivity index (χ1v) is 7.52. The lowest BCUT2D eigenvalue weighted by Crippen LogP contribution is -2.33. The average molecular weight is 285 g/mol. The van der Waals surface area contributed by atoms with Gasteiger partial charge in [-0.3, -0.25) is 4.79 Å². The van der Waals surface area contributed by atoms with Crippen molar-refractivity contribution in [1.29, 1.82) is 0 Å². The lowest BCUT2D eigenvalue weighted by molar-refractivity contribution is -0.117. The van der Waals surface area contributed by atoms with Crippen molar-refractivity contribution in [2.75, 3.05) is 11.9 Å². The molecule has 0 unspecified atom stereocenters. The normalized spacial score (nSPS) is 11.9. The molecule has 2 rings (SSSR count). The number of carbonyl (C=O) groups is 1. The minimum atomic E-state index is -0.108. The summed E-state index contributed by atoms with van der Waals surface area (Å²) in [5, 5.41) is -0.108. The Hall–Kier alpha value is -1.74. The summed E-state index contributed by atoms with van der Waals surface area (Å²) < 4.78 is 0. The molecular weight excluding hydrogens is 266 g/mol. The number of para-hydroxylation sites is 1. The molecule has 2 aromatic rings. The zero-order valence-corrected chi connectivity index (χ0v) is 12.9. The summed E-state index contributed by atoms with van der Waals surface area (Å²) in [6.07, 6.45) is 0. The van der Waals surface area contributed by atoms with E-state index in [1.54, 1.807) is 16.7 Å². The summed E-state index contributed by atoms with van der Waals surface area (Å²) in [6, 6.07) is 18.0. The van der Waals surface area contributed by atoms with Crippen LogP contribution in [0.1, 0.15) is 12.5 Å². The number of rotatable bonds is 4. The van der Waals surface area contributed by atoms with Gasteiger partial charge < -0.3 is 4.90 Å². The van der Waals surface area contributed by atoms with Crippen LogP contribution in [0.25, 0.3) is 0 Å². The molecule has 2 nitrogen and oxygen atoms in total. The van der Waals surface area contributed by atoms with Crippen LogP contribution in [-0.2, 0) is 4.79 Å². The third kappa shape index (κ3) is 3.64. The summed E-state index contributed by atoms with van der Waals surface area (Å²) >= 11 is 1.59. The van der Waals surface area contributed by atoms with Crippen LogP contribution in [0.5, 0.6) is 0 Å². The molecule has 104 valence electrons. The summed E-state index contributed by atoms with van der Waals surface area (Å²) in [4.78, 5) is 15.3. The van der Waals surface area contributed by atoms with Crippen molar-refractivity contribution in [3.8, 4) is 0 Å². The lowest BCUT2D eigenvalue weighted by atomic mass is 10.2. The van der Waals surface area contributed by atoms with Crippen LogP contribution in [0.15, 0.2) is 59.5 Å². The highest BCUT2D eigenvalue weighted by atomic mass is 32.2. The fraction of sp³-hybridized carbons (Fsp3) is 0.235. The number of hydrogen-bond donors (Lipinski definition) is 0. The molecule has 0 spiro atoms. The first-order chi connectivity index (χ1) is 9.58. The van der Waals surface area contributed by atoms with Gasteiger partial charge in [-0.2, -0.15) is 0 Å². The SMILES string of the molecule is Cc1ccc(S[C@H](C)C(=O)N(C)c2ccccc2)cc1. The van der Waals surface area contributed by atoms with Crippen molar-refractivity contribution in [3.05, 3.63) is 60.2 Å². The van der Waals surface area contributed by atoms with Crippen LogP contribution >= 0.6 is 11.8 Å². The lowest BCUT2D eigenvalue weighted by Gasteiger charge is -2.21. The van der Waals surface area contributed by atoms with Gasteiger partial charge in [0.05, 0.1) is 5.25 Å². The predicted octanol–water partition coefficient (Wildman–Crippen LogP) is 4.14. The maximum atomic E-state index is 12.4. The van der Waals surface area contributed by atoms with E-state index in [1.165, 1.54) is 5.56 Å². The number of amides is 1. The van der Waals surface area contributed by atoms with E-state index in [2.05, 4.69) is 31.2 Å². The minimum absolute atomic E-state index is 0.108. The highest BCUT2D eigenvalue weighted by Crippen LogP contribution is 2.25. The first kappa shape index (κ1) is 14.7. The van der Waals surface area contributed by atoms with E-state index in [0.29, 0.717) is 0 Å². The van der Waals surface area contributed by atoms with E-state index >= 15 is 0 Å². The Labute approximate surface area is 124 Å². The molecule has 0 fully saturated rings. The van der Waals surface area contributed by atoms with Crippen LogP contribution in [0.4, 0.5) is 5.69 Å². The second kappa shape index (κ2) is 6.62. The van der Waals surface area contributed by atoms with E-state index in [9.17, 15) is 4.79 Å². The molecule has 2 aromatic carbocycles. The van der Waals surface area contributed by atoms with E-state index in [-0.39, 0.29) is 11.2 Å². The Balaban J connectivity index is 2.03. The van der Waals surface area contributed by atoms with Gasteiger partial charge in [0.1, 0.15) is 0 Å². The molecule has 0 N–H and O–H groups in total. The van der Waals surface area contributed by atoms with Crippen molar-refractivity contribution in [1.82, 2.24) is 0 Å². The van der Waals surface area contributed by atoms with E-state index in [4.69, 9.17) is 0 Å². The van der Waals surface area contributed by atoms with Gasteiger partial charge in [0, 0.05) is 17.6 Å². The number of benzene rings is 2. The van der Waals surface area contributed by atoms with Gasteiger partial charge in [0.2, 0.25) is 5.91 Å². The van der Waals surface area contributed by atoms with Gasteiger partial charge in [0.25, 0.3) is 0 Å². The van der Waals surface area contributed by atoms with E-state index < -0.39 is 0 Å². The largest absolute Gasteiger partial charge is 0.315 e. The van der Waals surface area contributed by atoms with Gasteiger partial charge in [-0.1, -0.05) is 35.9 Å². The molecule has 0 aliphatic rings. The Morgan fingerprint density at radius 2 is 1.65 bits per heavy atom. The molecule has 0 aliphatic heterocycles. The van der Waals surface area contributed by atoms with Crippen molar-refractivity contribution in [3.63, 3.8) is 0 Å². The van der Waals surface area contributed by atoms with Gasteiger partial charge in [-0.25, -0.2) is 0 Å². The molecule has 0 bridgehead atoms. The van der Waals surface area contributed by atoms with E-state index in [0.717, 1.165) is 10.6 Å². The number of hydrogen-bond acceptors (Lipinski definition) is 2. The van der Waals surface area contributed by atoms with E-state index in [1.807, 2.05) is 44.3 Å². The maximum Gasteiger partial charge on any atom is 0.239 e. The summed E-state index contributed by atoms with van der Waals surface area (Å²) in [6.45, 7) is 4.01. The van der Waals surface area contributed by atoms with Crippen LogP contribution in [-0.4, -0.2) is 18.2 Å². The smallest absolute Gasteiger partial charge is 0.239 e. The van der Waals surface area contributed by atoms with Crippen LogP contribution < -0.4 is 4.90 Å². The highest BCUT2D eigenvalue weighted by molar-refractivity contribution is 8.00. The van der Waals surface area contributed by atoms with Crippen molar-refractivity contribution < 1.29 is 4.79 Å². The summed E-state index contributed by atoms with van der Waals surface area (Å²) in [5.74, 6) is 0.113. The molecular formula is C17H19NOS. The van der Waals surface area contributed by atoms with Crippen LogP contribution in [0, 0.1) is 6.92 Å². The molecule has 0 saturated carbocycles. The average Bonchev–Trinajstić information content (AvgIpc) is 2.49. The number of nitrogens with zero attached hydrogens (tertiary/aromatic N) is 1. The van der Waals surface area contributed by atoms with Gasteiger partial charge in [0.15, 0.2) is 0 Å². The second-order valence-corrected chi connectivity index (χ2v) is 6.22. The standard InChI is InChI=1S/C17H19NOS/c1-13-9-11-16(12-10-13)20-14(2)17(19)18(3)15-7-5-4-6-8-15/h4-12,14H,1-3H3/t14-/m1/s1. The van der Waals surface area contributed by atoms with Crippen LogP contribution in [0.2, 0.25) is 0 Å². The third-order valence-electron chi connectivity index (χ3n) is 3.16. The summed E-state index contributed by atoms with van der Waals surface area (Å²) in [5.41, 5.74) is 2.16. The predicted molar refractivity (Wildman–Crippen MR) is 86.4 cm³/mol. The maximum absolute atomic E-state index is 12.4. The van der Waals surface area contributed by atoms with Crippen molar-refractivity contribution in [2.45, 2.75) is 24.0 Å². The topological polar surface area (TPSA) is 20.3 Å². The molecule has 0 aromatic heterocycles. The molecule has 0 heterocycles. The molecule has 0 aliphatic carbocycles. The molecule has 0 radical (unpaired) electrons. The third-order valence-corrected chi connectivity index (χ3v) is 4.26. The Bertz CT molecular complexity index is 565. The first-order valence-electron chi connectivity index (χ1n) is 6.64. The zero-order valence-electron chi connectivity index (χ0n) is 12.0.